The normalized spacial score (nSPS) is 10.8. The molecule has 0 aliphatic carbocycles. The summed E-state index contributed by atoms with van der Waals surface area (Å²) in [4.78, 5) is 38.5. The monoisotopic (exact) mass is 283 g/mol. The molecule has 0 saturated carbocycles. The molecule has 0 spiro atoms. The summed E-state index contributed by atoms with van der Waals surface area (Å²) in [5.41, 5.74) is 0. The summed E-state index contributed by atoms with van der Waals surface area (Å²) in [6, 6.07) is 0. The van der Waals surface area contributed by atoms with Gasteiger partial charge in [0.1, 0.15) is 6.17 Å². The van der Waals surface area contributed by atoms with E-state index in [4.69, 9.17) is 4.74 Å². The third-order valence-corrected chi connectivity index (χ3v) is 2.54. The summed E-state index contributed by atoms with van der Waals surface area (Å²) in [7, 11) is 0. The van der Waals surface area contributed by atoms with Crippen molar-refractivity contribution in [1.29, 1.82) is 0 Å². The molecule has 1 N–H and O–H groups in total. The summed E-state index contributed by atoms with van der Waals surface area (Å²) < 4.78 is 4.92. The van der Waals surface area contributed by atoms with Gasteiger partial charge >= 0.3 is 6.09 Å². The molecule has 0 radical (unpaired) electrons. The quantitative estimate of drug-likeness (QED) is 0.356. The first-order valence-electron chi connectivity index (χ1n) is 6.78. The number of isocyanates is 2. The first-order chi connectivity index (χ1) is 9.74. The Bertz CT molecular complexity index is 361. The van der Waals surface area contributed by atoms with Gasteiger partial charge in [0.2, 0.25) is 12.2 Å². The van der Waals surface area contributed by atoms with Gasteiger partial charge in [-0.25, -0.2) is 19.4 Å². The number of nitrogens with one attached hydrogen (secondary N) is 1. The van der Waals surface area contributed by atoms with Gasteiger partial charge < -0.3 is 4.74 Å². The number of carbonyl (C=O) groups is 1. The second-order valence-electron chi connectivity index (χ2n) is 4.19. The van der Waals surface area contributed by atoms with Crippen molar-refractivity contribution in [1.82, 2.24) is 5.32 Å². The molecular formula is C13H21N3O4. The molecule has 7 heteroatoms. The van der Waals surface area contributed by atoms with Crippen LogP contribution in [0.4, 0.5) is 4.79 Å². The zero-order valence-corrected chi connectivity index (χ0v) is 11.8. The van der Waals surface area contributed by atoms with Crippen LogP contribution in [-0.4, -0.2) is 37.6 Å². The van der Waals surface area contributed by atoms with Crippen LogP contribution in [0.3, 0.4) is 0 Å². The van der Waals surface area contributed by atoms with Crippen molar-refractivity contribution in [3.63, 3.8) is 0 Å². The van der Waals surface area contributed by atoms with E-state index in [-0.39, 0.29) is 0 Å². The van der Waals surface area contributed by atoms with Crippen LogP contribution in [0.25, 0.3) is 0 Å². The number of carbonyl (C=O) groups excluding carboxylic acids is 3. The van der Waals surface area contributed by atoms with Crippen LogP contribution in [0.5, 0.6) is 0 Å². The van der Waals surface area contributed by atoms with Crippen molar-refractivity contribution in [2.45, 2.75) is 51.6 Å². The van der Waals surface area contributed by atoms with Gasteiger partial charge in [0.25, 0.3) is 0 Å². The highest BCUT2D eigenvalue weighted by atomic mass is 16.5. The van der Waals surface area contributed by atoms with Crippen molar-refractivity contribution >= 4 is 18.3 Å². The SMILES string of the molecule is CCCCOC(=O)NC(CCCCCN=C=O)N=C=O. The molecule has 0 fully saturated rings. The molecule has 112 valence electrons. The summed E-state index contributed by atoms with van der Waals surface area (Å²) in [6.45, 7) is 2.79. The molecule has 0 heterocycles. The Morgan fingerprint density at radius 2 is 2.00 bits per heavy atom. The van der Waals surface area contributed by atoms with Gasteiger partial charge in [0.05, 0.1) is 13.2 Å². The molecule has 1 atom stereocenters. The minimum atomic E-state index is -0.615. The number of amides is 1. The van der Waals surface area contributed by atoms with Crippen molar-refractivity contribution in [2.24, 2.45) is 9.98 Å². The topological polar surface area (TPSA) is 97.2 Å². The lowest BCUT2D eigenvalue weighted by atomic mass is 10.1. The fraction of sp³-hybridized carbons (Fsp3) is 0.769. The second-order valence-corrected chi connectivity index (χ2v) is 4.19. The van der Waals surface area contributed by atoms with E-state index < -0.39 is 12.3 Å². The number of nitrogens with zero attached hydrogens (tertiary/aromatic N) is 2. The van der Waals surface area contributed by atoms with Gasteiger partial charge in [-0.05, 0) is 25.7 Å². The van der Waals surface area contributed by atoms with Crippen molar-refractivity contribution in [3.05, 3.63) is 0 Å². The predicted octanol–water partition coefficient (Wildman–Crippen LogP) is 2.07. The molecular weight excluding hydrogens is 262 g/mol. The lowest BCUT2D eigenvalue weighted by Gasteiger charge is -2.12. The number of hydrogen-bond donors (Lipinski definition) is 1. The van der Waals surface area contributed by atoms with E-state index in [1.807, 2.05) is 6.92 Å². The predicted molar refractivity (Wildman–Crippen MR) is 72.8 cm³/mol. The van der Waals surface area contributed by atoms with Gasteiger partial charge in [-0.1, -0.05) is 19.8 Å². The van der Waals surface area contributed by atoms with Crippen molar-refractivity contribution < 1.29 is 19.1 Å². The number of alkyl carbamates (subject to hydrolysis) is 1. The Morgan fingerprint density at radius 3 is 2.65 bits per heavy atom. The smallest absolute Gasteiger partial charge is 0.408 e. The highest BCUT2D eigenvalue weighted by Crippen LogP contribution is 2.05. The summed E-state index contributed by atoms with van der Waals surface area (Å²) in [5.74, 6) is 0. The highest BCUT2D eigenvalue weighted by molar-refractivity contribution is 5.67. The van der Waals surface area contributed by atoms with Crippen LogP contribution < -0.4 is 5.32 Å². The van der Waals surface area contributed by atoms with Crippen molar-refractivity contribution in [2.75, 3.05) is 13.2 Å². The fourth-order valence-corrected chi connectivity index (χ4v) is 1.47. The van der Waals surface area contributed by atoms with E-state index in [1.165, 1.54) is 12.2 Å². The number of rotatable bonds is 11. The van der Waals surface area contributed by atoms with E-state index in [0.717, 1.165) is 32.1 Å². The molecule has 1 unspecified atom stereocenters. The van der Waals surface area contributed by atoms with Crippen LogP contribution in [0.15, 0.2) is 9.98 Å². The van der Waals surface area contributed by atoms with Gasteiger partial charge in [0, 0.05) is 0 Å². The molecule has 0 aromatic rings. The third kappa shape index (κ3) is 11.1. The lowest BCUT2D eigenvalue weighted by molar-refractivity contribution is 0.140. The number of unbranched alkanes of at least 4 members (excludes halogenated alkanes) is 3. The fourth-order valence-electron chi connectivity index (χ4n) is 1.47. The number of aliphatic imine (C=N–C) groups is 2. The number of ether oxygens (including phenoxy) is 1. The summed E-state index contributed by atoms with van der Waals surface area (Å²) in [5, 5.41) is 2.50. The lowest BCUT2D eigenvalue weighted by Crippen LogP contribution is -2.34. The molecule has 0 rings (SSSR count). The zero-order chi connectivity index (χ0) is 15.1. The van der Waals surface area contributed by atoms with Gasteiger partial charge in [-0.15, -0.1) is 0 Å². The summed E-state index contributed by atoms with van der Waals surface area (Å²) >= 11 is 0. The number of hydrogen-bond acceptors (Lipinski definition) is 6. The first-order valence-corrected chi connectivity index (χ1v) is 6.78. The average molecular weight is 283 g/mol. The standard InChI is InChI=1S/C13H21N3O4/c1-2-3-9-20-13(19)16-12(15-11-18)7-5-4-6-8-14-10-17/h12H,2-9H2,1H3,(H,16,19). The van der Waals surface area contributed by atoms with E-state index >= 15 is 0 Å². The Labute approximate surface area is 118 Å². The maximum atomic E-state index is 11.4. The van der Waals surface area contributed by atoms with Gasteiger partial charge in [-0.3, -0.25) is 5.32 Å². The maximum Gasteiger partial charge on any atom is 0.408 e. The van der Waals surface area contributed by atoms with Crippen molar-refractivity contribution in [3.8, 4) is 0 Å². The molecule has 0 aliphatic rings. The Hall–Kier alpha value is -1.97. The van der Waals surface area contributed by atoms with Crippen LogP contribution in [0.2, 0.25) is 0 Å². The largest absolute Gasteiger partial charge is 0.450 e. The second kappa shape index (κ2) is 13.5. The molecule has 0 aliphatic heterocycles. The summed E-state index contributed by atoms with van der Waals surface area (Å²) in [6.07, 6.45) is 6.30. The Kier molecular flexibility index (Phi) is 12.1. The molecule has 1 amide bonds. The molecule has 0 saturated heterocycles. The average Bonchev–Trinajstić information content (AvgIpc) is 2.43. The van der Waals surface area contributed by atoms with Crippen LogP contribution in [0.1, 0.15) is 45.4 Å². The van der Waals surface area contributed by atoms with Crippen LogP contribution in [0, 0.1) is 0 Å². The molecule has 0 aromatic carbocycles. The molecule has 7 nitrogen and oxygen atoms in total. The highest BCUT2D eigenvalue weighted by Gasteiger charge is 2.11. The Balaban J connectivity index is 3.88. The third-order valence-electron chi connectivity index (χ3n) is 2.54. The van der Waals surface area contributed by atoms with E-state index in [9.17, 15) is 14.4 Å². The maximum absolute atomic E-state index is 11.4. The molecule has 0 bridgehead atoms. The van der Waals surface area contributed by atoms with E-state index in [0.29, 0.717) is 19.6 Å². The van der Waals surface area contributed by atoms with Crippen LogP contribution in [-0.2, 0) is 14.3 Å². The van der Waals surface area contributed by atoms with Gasteiger partial charge in [-0.2, -0.15) is 4.99 Å². The minimum Gasteiger partial charge on any atom is -0.450 e. The van der Waals surface area contributed by atoms with E-state index in [1.54, 1.807) is 0 Å². The molecule has 0 aromatic heterocycles. The van der Waals surface area contributed by atoms with Gasteiger partial charge in [0.15, 0.2) is 0 Å². The minimum absolute atomic E-state index is 0.351. The molecule has 20 heavy (non-hydrogen) atoms. The first kappa shape index (κ1) is 18.0. The van der Waals surface area contributed by atoms with E-state index in [2.05, 4.69) is 15.3 Å². The Morgan fingerprint density at radius 1 is 1.20 bits per heavy atom. The zero-order valence-electron chi connectivity index (χ0n) is 11.8. The van der Waals surface area contributed by atoms with Crippen LogP contribution >= 0.6 is 0 Å².